The molecule has 0 saturated heterocycles. The molecule has 1 unspecified atom stereocenters. The van der Waals surface area contributed by atoms with Crippen LogP contribution in [-0.2, 0) is 4.79 Å². The van der Waals surface area contributed by atoms with Crippen molar-refractivity contribution in [3.8, 4) is 11.5 Å². The van der Waals surface area contributed by atoms with E-state index in [9.17, 15) is 9.59 Å². The summed E-state index contributed by atoms with van der Waals surface area (Å²) in [5, 5.41) is 3.90. The summed E-state index contributed by atoms with van der Waals surface area (Å²) in [5.74, 6) is 1.09. The van der Waals surface area contributed by atoms with Gasteiger partial charge in [0, 0.05) is 17.3 Å². The predicted molar refractivity (Wildman–Crippen MR) is 118 cm³/mol. The molecule has 2 aromatic carbocycles. The molecule has 0 heterocycles. The van der Waals surface area contributed by atoms with Gasteiger partial charge in [-0.15, -0.1) is 0 Å². The molecule has 29 heavy (non-hydrogen) atoms. The highest BCUT2D eigenvalue weighted by atomic mass is 79.9. The van der Waals surface area contributed by atoms with E-state index in [2.05, 4.69) is 21.2 Å². The Morgan fingerprint density at radius 3 is 1.97 bits per heavy atom. The lowest BCUT2D eigenvalue weighted by atomic mass is 9.96. The number of carbonyl (C=O) groups excluding carboxylic acids is 2. The quantitative estimate of drug-likeness (QED) is 0.271. The molecular weight excluding hydrogens is 434 g/mol. The molecule has 6 heteroatoms. The normalized spacial score (nSPS) is 11.6. The smallest absolute Gasteiger partial charge is 0.220 e. The standard InChI is InChI=1S/C23H28BrNO4/c1-28-19-12-8-17(9-13-19)22(25-21(26)7-5-3-4-6-16-24)23(27)18-10-14-20(29-2)15-11-18/h8-15,22H,3-7,16H2,1-2H3,(H,25,26). The number of methoxy groups -OCH3 is 2. The number of Topliss-reactive ketones (excluding diaryl/α,β-unsaturated/α-hetero) is 1. The highest BCUT2D eigenvalue weighted by Crippen LogP contribution is 2.23. The van der Waals surface area contributed by atoms with Crippen molar-refractivity contribution in [3.05, 3.63) is 59.7 Å². The Kier molecular flexibility index (Phi) is 9.71. The minimum absolute atomic E-state index is 0.119. The van der Waals surface area contributed by atoms with Crippen LogP contribution in [0.25, 0.3) is 0 Å². The maximum Gasteiger partial charge on any atom is 0.220 e. The molecule has 5 nitrogen and oxygen atoms in total. The van der Waals surface area contributed by atoms with Crippen LogP contribution in [0.4, 0.5) is 0 Å². The molecule has 0 spiro atoms. The van der Waals surface area contributed by atoms with Gasteiger partial charge >= 0.3 is 0 Å². The lowest BCUT2D eigenvalue weighted by molar-refractivity contribution is -0.121. The maximum atomic E-state index is 13.2. The van der Waals surface area contributed by atoms with Crippen molar-refractivity contribution in [2.24, 2.45) is 0 Å². The third-order valence-electron chi connectivity index (χ3n) is 4.68. The maximum absolute atomic E-state index is 13.2. The number of carbonyl (C=O) groups is 2. The number of ether oxygens (including phenoxy) is 2. The van der Waals surface area contributed by atoms with Crippen molar-refractivity contribution in [2.75, 3.05) is 19.5 Å². The number of ketones is 1. The Bertz CT molecular complexity index is 774. The van der Waals surface area contributed by atoms with Crippen molar-refractivity contribution >= 4 is 27.6 Å². The van der Waals surface area contributed by atoms with Crippen molar-refractivity contribution in [1.29, 1.82) is 0 Å². The topological polar surface area (TPSA) is 64.6 Å². The average molecular weight is 462 g/mol. The van der Waals surface area contributed by atoms with Gasteiger partial charge in [-0.1, -0.05) is 40.9 Å². The van der Waals surface area contributed by atoms with Gasteiger partial charge in [0.15, 0.2) is 5.78 Å². The first-order valence-corrected chi connectivity index (χ1v) is 10.9. The van der Waals surface area contributed by atoms with Crippen molar-refractivity contribution in [3.63, 3.8) is 0 Å². The van der Waals surface area contributed by atoms with Gasteiger partial charge in [0.05, 0.1) is 14.2 Å². The molecule has 1 amide bonds. The number of amides is 1. The Hall–Kier alpha value is -2.34. The molecule has 0 aliphatic heterocycles. The van der Waals surface area contributed by atoms with Crippen LogP contribution >= 0.6 is 15.9 Å². The van der Waals surface area contributed by atoms with Crippen LogP contribution < -0.4 is 14.8 Å². The average Bonchev–Trinajstić information content (AvgIpc) is 2.77. The van der Waals surface area contributed by atoms with Crippen LogP contribution in [-0.4, -0.2) is 31.2 Å². The van der Waals surface area contributed by atoms with Gasteiger partial charge in [-0.05, 0) is 54.8 Å². The Morgan fingerprint density at radius 2 is 1.41 bits per heavy atom. The summed E-state index contributed by atoms with van der Waals surface area (Å²) in [7, 11) is 3.17. The molecule has 0 fully saturated rings. The zero-order valence-electron chi connectivity index (χ0n) is 16.9. The van der Waals surface area contributed by atoms with Gasteiger partial charge in [-0.3, -0.25) is 9.59 Å². The van der Waals surface area contributed by atoms with Gasteiger partial charge in [0.2, 0.25) is 5.91 Å². The molecule has 0 radical (unpaired) electrons. The number of benzene rings is 2. The van der Waals surface area contributed by atoms with E-state index in [1.807, 2.05) is 0 Å². The monoisotopic (exact) mass is 461 g/mol. The number of rotatable bonds is 12. The minimum atomic E-state index is -0.746. The molecule has 0 aromatic heterocycles. The number of unbranched alkanes of at least 4 members (excludes halogenated alkanes) is 3. The van der Waals surface area contributed by atoms with Gasteiger partial charge in [-0.2, -0.15) is 0 Å². The van der Waals surface area contributed by atoms with Gasteiger partial charge in [-0.25, -0.2) is 0 Å². The fraction of sp³-hybridized carbons (Fsp3) is 0.391. The fourth-order valence-corrected chi connectivity index (χ4v) is 3.38. The van der Waals surface area contributed by atoms with Crippen molar-refractivity contribution < 1.29 is 19.1 Å². The first kappa shape index (κ1) is 22.9. The number of halogens is 1. The second-order valence-corrected chi connectivity index (χ2v) is 7.51. The van der Waals surface area contributed by atoms with Gasteiger partial charge in [0.1, 0.15) is 17.5 Å². The van der Waals surface area contributed by atoms with E-state index in [-0.39, 0.29) is 11.7 Å². The molecule has 1 atom stereocenters. The summed E-state index contributed by atoms with van der Waals surface area (Å²) in [4.78, 5) is 25.7. The second kappa shape index (κ2) is 12.3. The van der Waals surface area contributed by atoms with E-state index >= 15 is 0 Å². The van der Waals surface area contributed by atoms with Crippen LogP contribution in [0.5, 0.6) is 11.5 Å². The molecule has 0 aliphatic rings. The van der Waals surface area contributed by atoms with E-state index in [1.54, 1.807) is 62.8 Å². The SMILES string of the molecule is COc1ccc(C(=O)C(NC(=O)CCCCCCBr)c2ccc(OC)cc2)cc1. The van der Waals surface area contributed by atoms with Crippen molar-refractivity contribution in [1.82, 2.24) is 5.32 Å². The summed E-state index contributed by atoms with van der Waals surface area (Å²) in [6.45, 7) is 0. The number of hydrogen-bond acceptors (Lipinski definition) is 4. The summed E-state index contributed by atoms with van der Waals surface area (Å²) in [6, 6.07) is 13.3. The minimum Gasteiger partial charge on any atom is -0.497 e. The van der Waals surface area contributed by atoms with Gasteiger partial charge < -0.3 is 14.8 Å². The van der Waals surface area contributed by atoms with E-state index in [4.69, 9.17) is 9.47 Å². The first-order valence-electron chi connectivity index (χ1n) is 9.76. The van der Waals surface area contributed by atoms with E-state index in [0.29, 0.717) is 23.5 Å². The Balaban J connectivity index is 2.13. The molecule has 1 N–H and O–H groups in total. The molecule has 2 rings (SSSR count). The zero-order chi connectivity index (χ0) is 21.1. The van der Waals surface area contributed by atoms with Crippen LogP contribution in [0.15, 0.2) is 48.5 Å². The largest absolute Gasteiger partial charge is 0.497 e. The highest BCUT2D eigenvalue weighted by Gasteiger charge is 2.24. The van der Waals surface area contributed by atoms with Crippen LogP contribution in [0.2, 0.25) is 0 Å². The van der Waals surface area contributed by atoms with E-state index in [1.165, 1.54) is 0 Å². The first-order chi connectivity index (χ1) is 14.1. The molecule has 0 aliphatic carbocycles. The lowest BCUT2D eigenvalue weighted by Crippen LogP contribution is -2.33. The summed E-state index contributed by atoms with van der Waals surface area (Å²) < 4.78 is 10.4. The Labute approximate surface area is 180 Å². The third kappa shape index (κ3) is 7.20. The van der Waals surface area contributed by atoms with Crippen molar-refractivity contribution in [2.45, 2.75) is 38.1 Å². The van der Waals surface area contributed by atoms with E-state index in [0.717, 1.165) is 36.6 Å². The zero-order valence-corrected chi connectivity index (χ0v) is 18.5. The Morgan fingerprint density at radius 1 is 0.862 bits per heavy atom. The third-order valence-corrected chi connectivity index (χ3v) is 5.24. The molecule has 0 bridgehead atoms. The predicted octanol–water partition coefficient (Wildman–Crippen LogP) is 5.09. The van der Waals surface area contributed by atoms with Crippen LogP contribution in [0.1, 0.15) is 54.1 Å². The fourth-order valence-electron chi connectivity index (χ4n) is 2.99. The number of hydrogen-bond donors (Lipinski definition) is 1. The second-order valence-electron chi connectivity index (χ2n) is 6.72. The molecule has 156 valence electrons. The number of nitrogens with one attached hydrogen (secondary N) is 1. The van der Waals surface area contributed by atoms with E-state index < -0.39 is 6.04 Å². The summed E-state index contributed by atoms with van der Waals surface area (Å²) in [6.07, 6.45) is 4.41. The lowest BCUT2D eigenvalue weighted by Gasteiger charge is -2.19. The highest BCUT2D eigenvalue weighted by molar-refractivity contribution is 9.09. The molecule has 0 saturated carbocycles. The molecular formula is C23H28BrNO4. The van der Waals surface area contributed by atoms with Crippen LogP contribution in [0.3, 0.4) is 0 Å². The van der Waals surface area contributed by atoms with Crippen LogP contribution in [0, 0.1) is 0 Å². The number of alkyl halides is 1. The molecule has 2 aromatic rings. The summed E-state index contributed by atoms with van der Waals surface area (Å²) >= 11 is 3.41. The summed E-state index contributed by atoms with van der Waals surface area (Å²) in [5.41, 5.74) is 1.24. The van der Waals surface area contributed by atoms with Gasteiger partial charge in [0.25, 0.3) is 0 Å².